The van der Waals surface area contributed by atoms with Gasteiger partial charge in [-0.25, -0.2) is 4.39 Å². The van der Waals surface area contributed by atoms with Crippen molar-refractivity contribution in [2.75, 3.05) is 32.7 Å². The zero-order chi connectivity index (χ0) is 16.4. The number of hydrogen-bond acceptors (Lipinski definition) is 3. The Kier molecular flexibility index (Phi) is 4.61. The van der Waals surface area contributed by atoms with Crippen molar-refractivity contribution in [3.05, 3.63) is 35.1 Å². The van der Waals surface area contributed by atoms with Crippen molar-refractivity contribution in [1.29, 1.82) is 0 Å². The third-order valence-corrected chi connectivity index (χ3v) is 4.66. The molecule has 0 bridgehead atoms. The molecule has 2 amide bonds. The highest BCUT2D eigenvalue weighted by atomic mass is 19.1. The first-order chi connectivity index (χ1) is 11.1. The van der Waals surface area contributed by atoms with Crippen LogP contribution in [0.15, 0.2) is 18.2 Å². The SMILES string of the molecule is Cc1cc(C(=O)N2CCCC(N3CCNCC3=O)C2)ccc1F. The molecule has 0 aliphatic carbocycles. The Labute approximate surface area is 135 Å². The lowest BCUT2D eigenvalue weighted by Gasteiger charge is -2.41. The minimum Gasteiger partial charge on any atom is -0.337 e. The normalized spacial score (nSPS) is 22.3. The molecule has 23 heavy (non-hydrogen) atoms. The molecule has 1 aromatic carbocycles. The monoisotopic (exact) mass is 319 g/mol. The van der Waals surface area contributed by atoms with E-state index in [0.717, 1.165) is 19.4 Å². The van der Waals surface area contributed by atoms with Gasteiger partial charge in [-0.3, -0.25) is 9.59 Å². The lowest BCUT2D eigenvalue weighted by Crippen LogP contribution is -2.57. The summed E-state index contributed by atoms with van der Waals surface area (Å²) in [6, 6.07) is 4.55. The minimum absolute atomic E-state index is 0.0830. The maximum absolute atomic E-state index is 13.4. The number of nitrogens with one attached hydrogen (secondary N) is 1. The summed E-state index contributed by atoms with van der Waals surface area (Å²) < 4.78 is 13.4. The van der Waals surface area contributed by atoms with E-state index in [-0.39, 0.29) is 23.7 Å². The molecule has 2 aliphatic rings. The van der Waals surface area contributed by atoms with Crippen LogP contribution in [0.3, 0.4) is 0 Å². The molecule has 1 atom stereocenters. The van der Waals surface area contributed by atoms with Crippen LogP contribution < -0.4 is 5.32 Å². The molecule has 0 saturated carbocycles. The van der Waals surface area contributed by atoms with Gasteiger partial charge in [-0.2, -0.15) is 0 Å². The van der Waals surface area contributed by atoms with Gasteiger partial charge < -0.3 is 15.1 Å². The number of carbonyl (C=O) groups is 2. The lowest BCUT2D eigenvalue weighted by molar-refractivity contribution is -0.135. The predicted molar refractivity (Wildman–Crippen MR) is 84.6 cm³/mol. The smallest absolute Gasteiger partial charge is 0.253 e. The van der Waals surface area contributed by atoms with Crippen LogP contribution in [0.2, 0.25) is 0 Å². The highest BCUT2D eigenvalue weighted by Crippen LogP contribution is 2.20. The van der Waals surface area contributed by atoms with Gasteiger partial charge in [0, 0.05) is 37.8 Å². The van der Waals surface area contributed by atoms with E-state index < -0.39 is 0 Å². The van der Waals surface area contributed by atoms with E-state index in [4.69, 9.17) is 0 Å². The average molecular weight is 319 g/mol. The van der Waals surface area contributed by atoms with Crippen molar-refractivity contribution in [3.63, 3.8) is 0 Å². The molecule has 0 radical (unpaired) electrons. The minimum atomic E-state index is -0.301. The number of hydrogen-bond donors (Lipinski definition) is 1. The van der Waals surface area contributed by atoms with Gasteiger partial charge in [0.1, 0.15) is 5.82 Å². The third kappa shape index (κ3) is 3.37. The summed E-state index contributed by atoms with van der Waals surface area (Å²) in [6.07, 6.45) is 1.81. The molecule has 124 valence electrons. The van der Waals surface area contributed by atoms with Gasteiger partial charge in [0.05, 0.1) is 6.54 Å². The summed E-state index contributed by atoms with van der Waals surface area (Å²) in [4.78, 5) is 28.4. The predicted octanol–water partition coefficient (Wildman–Crippen LogP) is 1.17. The highest BCUT2D eigenvalue weighted by molar-refractivity contribution is 5.94. The van der Waals surface area contributed by atoms with Crippen LogP contribution in [-0.2, 0) is 4.79 Å². The van der Waals surface area contributed by atoms with Crippen LogP contribution in [0.25, 0.3) is 0 Å². The largest absolute Gasteiger partial charge is 0.337 e. The molecule has 1 unspecified atom stereocenters. The quantitative estimate of drug-likeness (QED) is 0.890. The van der Waals surface area contributed by atoms with Crippen LogP contribution in [0.1, 0.15) is 28.8 Å². The molecule has 5 nitrogen and oxygen atoms in total. The topological polar surface area (TPSA) is 52.7 Å². The first-order valence-electron chi connectivity index (χ1n) is 8.12. The fourth-order valence-corrected chi connectivity index (χ4v) is 3.36. The summed E-state index contributed by atoms with van der Waals surface area (Å²) in [5.41, 5.74) is 0.984. The molecule has 3 rings (SSSR count). The van der Waals surface area contributed by atoms with Crippen LogP contribution in [0, 0.1) is 12.7 Å². The van der Waals surface area contributed by atoms with E-state index in [1.165, 1.54) is 12.1 Å². The van der Waals surface area contributed by atoms with E-state index in [2.05, 4.69) is 5.32 Å². The summed E-state index contributed by atoms with van der Waals surface area (Å²) in [5.74, 6) is -0.280. The van der Waals surface area contributed by atoms with Crippen LogP contribution in [0.5, 0.6) is 0 Å². The number of nitrogens with zero attached hydrogens (tertiary/aromatic N) is 2. The molecule has 2 aliphatic heterocycles. The standard InChI is InChI=1S/C17H22FN3O2/c1-12-9-13(4-5-15(12)18)17(23)20-7-2-3-14(11-20)21-8-6-19-10-16(21)22/h4-5,9,14,19H,2-3,6-8,10-11H2,1H3. The van der Waals surface area contributed by atoms with Gasteiger partial charge in [-0.1, -0.05) is 0 Å². The zero-order valence-electron chi connectivity index (χ0n) is 13.3. The van der Waals surface area contributed by atoms with E-state index in [0.29, 0.717) is 37.3 Å². The number of piperazine rings is 1. The zero-order valence-corrected chi connectivity index (χ0v) is 13.3. The van der Waals surface area contributed by atoms with Gasteiger partial charge >= 0.3 is 0 Å². The van der Waals surface area contributed by atoms with Crippen molar-refractivity contribution in [2.45, 2.75) is 25.8 Å². The second-order valence-corrected chi connectivity index (χ2v) is 6.28. The third-order valence-electron chi connectivity index (χ3n) is 4.66. The molecular formula is C17H22FN3O2. The van der Waals surface area contributed by atoms with Gasteiger partial charge in [-0.05, 0) is 43.5 Å². The van der Waals surface area contributed by atoms with Gasteiger partial charge in [0.2, 0.25) is 5.91 Å². The molecule has 2 saturated heterocycles. The summed E-state index contributed by atoms with van der Waals surface area (Å²) in [5, 5.41) is 3.07. The van der Waals surface area contributed by atoms with E-state index in [1.807, 2.05) is 4.90 Å². The van der Waals surface area contributed by atoms with E-state index >= 15 is 0 Å². The lowest BCUT2D eigenvalue weighted by atomic mass is 10.0. The van der Waals surface area contributed by atoms with Gasteiger partial charge in [-0.15, -0.1) is 0 Å². The second kappa shape index (κ2) is 6.66. The number of aryl methyl sites for hydroxylation is 1. The molecule has 2 heterocycles. The van der Waals surface area contributed by atoms with Crippen LogP contribution in [-0.4, -0.2) is 60.4 Å². The molecule has 1 N–H and O–H groups in total. The van der Waals surface area contributed by atoms with Crippen molar-refractivity contribution in [3.8, 4) is 0 Å². The molecular weight excluding hydrogens is 297 g/mol. The van der Waals surface area contributed by atoms with Crippen molar-refractivity contribution in [2.24, 2.45) is 0 Å². The number of piperidine rings is 1. The Bertz CT molecular complexity index is 620. The van der Waals surface area contributed by atoms with Crippen molar-refractivity contribution >= 4 is 11.8 Å². The van der Waals surface area contributed by atoms with Gasteiger partial charge in [0.25, 0.3) is 5.91 Å². The number of likely N-dealkylation sites (tertiary alicyclic amines) is 1. The average Bonchev–Trinajstić information content (AvgIpc) is 2.57. The second-order valence-electron chi connectivity index (χ2n) is 6.28. The summed E-state index contributed by atoms with van der Waals surface area (Å²) in [6.45, 7) is 4.77. The summed E-state index contributed by atoms with van der Waals surface area (Å²) in [7, 11) is 0. The first kappa shape index (κ1) is 15.9. The number of benzene rings is 1. The van der Waals surface area contributed by atoms with Crippen LogP contribution >= 0.6 is 0 Å². The number of amides is 2. The molecule has 1 aromatic rings. The Morgan fingerprint density at radius 1 is 1.35 bits per heavy atom. The Hall–Kier alpha value is -1.95. The number of carbonyl (C=O) groups excluding carboxylic acids is 2. The van der Waals surface area contributed by atoms with Gasteiger partial charge in [0.15, 0.2) is 0 Å². The number of halogens is 1. The van der Waals surface area contributed by atoms with E-state index in [1.54, 1.807) is 17.9 Å². The molecule has 2 fully saturated rings. The molecule has 0 aromatic heterocycles. The fraction of sp³-hybridized carbons (Fsp3) is 0.529. The fourth-order valence-electron chi connectivity index (χ4n) is 3.36. The Morgan fingerprint density at radius 2 is 2.17 bits per heavy atom. The molecule has 0 spiro atoms. The Balaban J connectivity index is 1.71. The summed E-state index contributed by atoms with van der Waals surface area (Å²) >= 11 is 0. The van der Waals surface area contributed by atoms with Crippen molar-refractivity contribution < 1.29 is 14.0 Å². The number of rotatable bonds is 2. The maximum Gasteiger partial charge on any atom is 0.253 e. The van der Waals surface area contributed by atoms with E-state index in [9.17, 15) is 14.0 Å². The first-order valence-corrected chi connectivity index (χ1v) is 8.12. The molecule has 6 heteroatoms. The maximum atomic E-state index is 13.4. The van der Waals surface area contributed by atoms with Crippen molar-refractivity contribution in [1.82, 2.24) is 15.1 Å². The van der Waals surface area contributed by atoms with Crippen LogP contribution in [0.4, 0.5) is 4.39 Å². The highest BCUT2D eigenvalue weighted by Gasteiger charge is 2.31. The Morgan fingerprint density at radius 3 is 2.91 bits per heavy atom.